The van der Waals surface area contributed by atoms with E-state index >= 15 is 0 Å². The second-order valence-electron chi connectivity index (χ2n) is 5.18. The molecular weight excluding hydrogens is 392 g/mol. The van der Waals surface area contributed by atoms with Gasteiger partial charge in [-0.05, 0) is 42.1 Å². The van der Waals surface area contributed by atoms with E-state index in [4.69, 9.17) is 28.6 Å². The minimum atomic E-state index is -0.488. The van der Waals surface area contributed by atoms with E-state index in [1.54, 1.807) is 48.5 Å². The van der Waals surface area contributed by atoms with Crippen LogP contribution in [0.5, 0.6) is 5.75 Å². The number of amides is 2. The van der Waals surface area contributed by atoms with Crippen LogP contribution in [0.2, 0.25) is 5.02 Å². The average Bonchev–Trinajstić information content (AvgIpc) is 2.91. The number of carbonyl (C=O) groups excluding carboxylic acids is 2. The molecule has 0 aliphatic carbocycles. The van der Waals surface area contributed by atoms with E-state index in [1.807, 2.05) is 6.07 Å². The van der Waals surface area contributed by atoms with Gasteiger partial charge in [-0.3, -0.25) is 15.0 Å². The zero-order valence-electron chi connectivity index (χ0n) is 13.6. The van der Waals surface area contributed by atoms with Gasteiger partial charge in [-0.2, -0.15) is 5.01 Å². The molecule has 132 valence electrons. The number of thioether (sulfide) groups is 1. The molecule has 2 aromatic carbocycles. The number of nitrogens with one attached hydrogen (secondary N) is 1. The van der Waals surface area contributed by atoms with Crippen molar-refractivity contribution in [3.63, 3.8) is 0 Å². The molecular formula is C18H13ClN2O3S2. The van der Waals surface area contributed by atoms with E-state index in [-0.39, 0.29) is 4.32 Å². The standard InChI is InChI=1S/C18H13ClN2O3S2/c1-24-14-9-5-3-7-12(14)16(22)20-21-17(23)15(26-18(21)25)10-11-6-2-4-8-13(11)19/h2-10H,1H3,(H,20,22)/b15-10-. The molecule has 0 bridgehead atoms. The normalized spacial score (nSPS) is 15.5. The summed E-state index contributed by atoms with van der Waals surface area (Å²) in [6, 6.07) is 13.9. The Hall–Kier alpha value is -2.35. The number of hydrazine groups is 1. The van der Waals surface area contributed by atoms with Gasteiger partial charge >= 0.3 is 0 Å². The van der Waals surface area contributed by atoms with Crippen LogP contribution in [-0.4, -0.2) is 28.3 Å². The van der Waals surface area contributed by atoms with Crippen molar-refractivity contribution < 1.29 is 14.3 Å². The lowest BCUT2D eigenvalue weighted by Gasteiger charge is -2.16. The molecule has 0 aromatic heterocycles. The monoisotopic (exact) mass is 404 g/mol. The van der Waals surface area contributed by atoms with Crippen LogP contribution in [0.25, 0.3) is 6.08 Å². The number of halogens is 1. The van der Waals surface area contributed by atoms with Crippen LogP contribution in [-0.2, 0) is 4.79 Å². The number of benzene rings is 2. The third-order valence-corrected chi connectivity index (χ3v) is 5.20. The molecule has 1 N–H and O–H groups in total. The molecule has 2 aromatic rings. The highest BCUT2D eigenvalue weighted by atomic mass is 35.5. The number of hydrogen-bond acceptors (Lipinski definition) is 5. The van der Waals surface area contributed by atoms with E-state index in [2.05, 4.69) is 5.43 Å². The molecule has 0 unspecified atom stereocenters. The smallest absolute Gasteiger partial charge is 0.285 e. The van der Waals surface area contributed by atoms with Crippen LogP contribution in [0.15, 0.2) is 53.4 Å². The van der Waals surface area contributed by atoms with Crippen LogP contribution in [0, 0.1) is 0 Å². The molecule has 0 spiro atoms. The number of thiocarbonyl (C=S) groups is 1. The van der Waals surface area contributed by atoms with Gasteiger partial charge in [0.2, 0.25) is 0 Å². The van der Waals surface area contributed by atoms with Crippen molar-refractivity contribution >= 4 is 57.8 Å². The predicted molar refractivity (Wildman–Crippen MR) is 107 cm³/mol. The molecule has 1 fully saturated rings. The van der Waals surface area contributed by atoms with E-state index in [9.17, 15) is 9.59 Å². The third kappa shape index (κ3) is 3.75. The molecule has 0 radical (unpaired) electrons. The summed E-state index contributed by atoms with van der Waals surface area (Å²) in [5.41, 5.74) is 3.53. The first-order chi connectivity index (χ1) is 12.5. The first-order valence-electron chi connectivity index (χ1n) is 7.47. The summed E-state index contributed by atoms with van der Waals surface area (Å²) in [6.45, 7) is 0. The number of rotatable bonds is 4. The maximum atomic E-state index is 12.6. The number of methoxy groups -OCH3 is 1. The molecule has 0 saturated carbocycles. The van der Waals surface area contributed by atoms with E-state index in [1.165, 1.54) is 7.11 Å². The largest absolute Gasteiger partial charge is 0.496 e. The zero-order valence-corrected chi connectivity index (χ0v) is 16.0. The first kappa shape index (κ1) is 18.4. The van der Waals surface area contributed by atoms with Gasteiger partial charge in [0.1, 0.15) is 5.75 Å². The summed E-state index contributed by atoms with van der Waals surface area (Å²) in [5.74, 6) is -0.497. The van der Waals surface area contributed by atoms with Gasteiger partial charge in [0, 0.05) is 5.02 Å². The Morgan fingerprint density at radius 3 is 2.65 bits per heavy atom. The Balaban J connectivity index is 1.82. The fraction of sp³-hybridized carbons (Fsp3) is 0.0556. The molecule has 1 aliphatic rings. The van der Waals surface area contributed by atoms with Crippen molar-refractivity contribution in [3.05, 3.63) is 69.6 Å². The summed E-state index contributed by atoms with van der Waals surface area (Å²) < 4.78 is 5.40. The maximum Gasteiger partial charge on any atom is 0.285 e. The fourth-order valence-corrected chi connectivity index (χ4v) is 3.65. The highest BCUT2D eigenvalue weighted by Crippen LogP contribution is 2.33. The summed E-state index contributed by atoms with van der Waals surface area (Å²) >= 11 is 12.4. The van der Waals surface area contributed by atoms with Crippen LogP contribution in [0.4, 0.5) is 0 Å². The highest BCUT2D eigenvalue weighted by molar-refractivity contribution is 8.26. The lowest BCUT2D eigenvalue weighted by Crippen LogP contribution is -2.44. The van der Waals surface area contributed by atoms with Crippen molar-refractivity contribution in [2.45, 2.75) is 0 Å². The van der Waals surface area contributed by atoms with Gasteiger partial charge in [-0.15, -0.1) is 0 Å². The molecule has 1 aliphatic heterocycles. The van der Waals surface area contributed by atoms with Crippen LogP contribution in [0.1, 0.15) is 15.9 Å². The number of carbonyl (C=O) groups is 2. The lowest BCUT2D eigenvalue weighted by molar-refractivity contribution is -0.123. The van der Waals surface area contributed by atoms with E-state index in [0.717, 1.165) is 16.8 Å². The van der Waals surface area contributed by atoms with Crippen molar-refractivity contribution in [2.75, 3.05) is 7.11 Å². The Kier molecular flexibility index (Phi) is 5.61. The van der Waals surface area contributed by atoms with Gasteiger partial charge in [-0.1, -0.05) is 53.7 Å². The summed E-state index contributed by atoms with van der Waals surface area (Å²) in [4.78, 5) is 25.5. The molecule has 5 nitrogen and oxygen atoms in total. The number of nitrogens with zero attached hydrogens (tertiary/aromatic N) is 1. The quantitative estimate of drug-likeness (QED) is 0.618. The minimum Gasteiger partial charge on any atom is -0.496 e. The van der Waals surface area contributed by atoms with E-state index in [0.29, 0.717) is 26.8 Å². The SMILES string of the molecule is COc1ccccc1C(=O)NN1C(=O)/C(=C/c2ccccc2Cl)SC1=S. The van der Waals surface area contributed by atoms with Gasteiger partial charge in [0.05, 0.1) is 17.6 Å². The highest BCUT2D eigenvalue weighted by Gasteiger charge is 2.34. The van der Waals surface area contributed by atoms with Crippen molar-refractivity contribution in [1.29, 1.82) is 0 Å². The molecule has 0 atom stereocenters. The van der Waals surface area contributed by atoms with Gasteiger partial charge in [0.25, 0.3) is 11.8 Å². The first-order valence-corrected chi connectivity index (χ1v) is 9.08. The molecule has 3 rings (SSSR count). The van der Waals surface area contributed by atoms with Crippen LogP contribution < -0.4 is 10.2 Å². The average molecular weight is 405 g/mol. The predicted octanol–water partition coefficient (Wildman–Crippen LogP) is 3.89. The molecule has 26 heavy (non-hydrogen) atoms. The van der Waals surface area contributed by atoms with Gasteiger partial charge < -0.3 is 4.74 Å². The number of ether oxygens (including phenoxy) is 1. The Morgan fingerprint density at radius 2 is 1.92 bits per heavy atom. The third-order valence-electron chi connectivity index (χ3n) is 3.55. The van der Waals surface area contributed by atoms with E-state index < -0.39 is 11.8 Å². The molecule has 1 heterocycles. The van der Waals surface area contributed by atoms with Crippen molar-refractivity contribution in [2.24, 2.45) is 0 Å². The second-order valence-corrected chi connectivity index (χ2v) is 7.26. The van der Waals surface area contributed by atoms with Gasteiger partial charge in [-0.25, -0.2) is 0 Å². The van der Waals surface area contributed by atoms with Gasteiger partial charge in [0.15, 0.2) is 4.32 Å². The summed E-state index contributed by atoms with van der Waals surface area (Å²) in [6.07, 6.45) is 1.65. The van der Waals surface area contributed by atoms with Crippen molar-refractivity contribution in [3.8, 4) is 5.75 Å². The second kappa shape index (κ2) is 7.90. The topological polar surface area (TPSA) is 58.6 Å². The molecule has 1 saturated heterocycles. The zero-order chi connectivity index (χ0) is 18.7. The minimum absolute atomic E-state index is 0.233. The fourth-order valence-electron chi connectivity index (χ4n) is 2.29. The molecule has 2 amide bonds. The summed E-state index contributed by atoms with van der Waals surface area (Å²) in [7, 11) is 1.47. The maximum absolute atomic E-state index is 12.6. The number of para-hydroxylation sites is 1. The van der Waals surface area contributed by atoms with Crippen molar-refractivity contribution in [1.82, 2.24) is 10.4 Å². The van der Waals surface area contributed by atoms with Crippen LogP contribution >= 0.6 is 35.6 Å². The Morgan fingerprint density at radius 1 is 1.23 bits per heavy atom. The summed E-state index contributed by atoms with van der Waals surface area (Å²) in [5, 5.41) is 1.58. The Labute approximate surface area is 164 Å². The Bertz CT molecular complexity index is 930. The van der Waals surface area contributed by atoms with Crippen LogP contribution in [0.3, 0.4) is 0 Å². The molecule has 8 heteroatoms. The lowest BCUT2D eigenvalue weighted by atomic mass is 10.2. The number of hydrogen-bond donors (Lipinski definition) is 1.